The van der Waals surface area contributed by atoms with Gasteiger partial charge in [0.15, 0.2) is 0 Å². The van der Waals surface area contributed by atoms with Crippen LogP contribution in [0.25, 0.3) is 43.8 Å². The first kappa shape index (κ1) is 52.9. The van der Waals surface area contributed by atoms with Crippen LogP contribution in [-0.4, -0.2) is 0 Å². The Hall–Kier alpha value is -8.46. The van der Waals surface area contributed by atoms with Gasteiger partial charge in [0, 0.05) is 6.42 Å². The van der Waals surface area contributed by atoms with Gasteiger partial charge >= 0.3 is 0 Å². The van der Waals surface area contributed by atoms with Gasteiger partial charge in [-0.25, -0.2) is 0 Å². The smallest absolute Gasteiger partial charge is 0.133 e. The van der Waals surface area contributed by atoms with Crippen LogP contribution < -0.4 is 9.47 Å². The summed E-state index contributed by atoms with van der Waals surface area (Å²) in [6, 6.07) is 80.4. The van der Waals surface area contributed by atoms with Crippen LogP contribution >= 0.6 is 0 Å². The fourth-order valence-electron chi connectivity index (χ4n) is 9.60. The normalized spacial score (nSPS) is 10.9. The van der Waals surface area contributed by atoms with Crippen LogP contribution in [-0.2, 0) is 6.42 Å². The molecule has 0 unspecified atom stereocenters. The third-order valence-electron chi connectivity index (χ3n) is 14.1. The van der Waals surface area contributed by atoms with Gasteiger partial charge in [0.1, 0.15) is 23.0 Å². The SMILES string of the molecule is Cc1ccc2ccccc2c1-c1c(C)ccc2ccccc12.Cc1cccc2c1Oc1c(C)cccc1C2.Cc1ccccc1-c1ccccc1C.Cc1ccccc1C.Cc1ccccc1Oc1ccccc1C. The Morgan fingerprint density at radius 3 is 0.987 bits per heavy atom. The van der Waals surface area contributed by atoms with Crippen molar-refractivity contribution in [3.8, 4) is 45.3 Å². The van der Waals surface area contributed by atoms with Crippen molar-refractivity contribution >= 4 is 21.5 Å². The average molecular weight is 979 g/mol. The van der Waals surface area contributed by atoms with E-state index in [4.69, 9.17) is 9.47 Å². The molecule has 0 aliphatic carbocycles. The average Bonchev–Trinajstić information content (AvgIpc) is 3.42. The Morgan fingerprint density at radius 2 is 0.600 bits per heavy atom. The quantitative estimate of drug-likeness (QED) is 0.175. The molecular weight excluding hydrogens is 909 g/mol. The van der Waals surface area contributed by atoms with Crippen molar-refractivity contribution < 1.29 is 9.47 Å². The second-order valence-corrected chi connectivity index (χ2v) is 19.7. The van der Waals surface area contributed by atoms with Gasteiger partial charge in [0.05, 0.1) is 0 Å². The van der Waals surface area contributed by atoms with E-state index in [0.29, 0.717) is 0 Å². The maximum atomic E-state index is 6.04. The Balaban J connectivity index is 0.000000128. The van der Waals surface area contributed by atoms with Crippen molar-refractivity contribution in [1.29, 1.82) is 0 Å². The molecule has 0 bridgehead atoms. The number of hydrogen-bond acceptors (Lipinski definition) is 2. The molecule has 0 saturated carbocycles. The minimum absolute atomic E-state index is 0.923. The molecule has 0 aromatic heterocycles. The number of ether oxygens (including phenoxy) is 2. The number of rotatable bonds is 4. The van der Waals surface area contributed by atoms with Gasteiger partial charge in [0.2, 0.25) is 0 Å². The summed E-state index contributed by atoms with van der Waals surface area (Å²) in [7, 11) is 0. The van der Waals surface area contributed by atoms with Crippen molar-refractivity contribution in [3.05, 3.63) is 297 Å². The molecule has 2 heteroatoms. The first-order valence-corrected chi connectivity index (χ1v) is 26.1. The van der Waals surface area contributed by atoms with Gasteiger partial charge in [-0.1, -0.05) is 218 Å². The zero-order chi connectivity index (χ0) is 52.8. The molecule has 2 nitrogen and oxygen atoms in total. The minimum atomic E-state index is 0.923. The summed E-state index contributed by atoms with van der Waals surface area (Å²) in [5, 5.41) is 5.27. The number of para-hydroxylation sites is 4. The number of hydrogen-bond donors (Lipinski definition) is 0. The maximum Gasteiger partial charge on any atom is 0.133 e. The van der Waals surface area contributed by atoms with E-state index in [2.05, 4.69) is 237 Å². The monoisotopic (exact) mass is 979 g/mol. The predicted octanol–water partition coefficient (Wildman–Crippen LogP) is 20.6. The second kappa shape index (κ2) is 25.0. The molecule has 1 aliphatic heterocycles. The van der Waals surface area contributed by atoms with E-state index in [1.54, 1.807) is 0 Å². The van der Waals surface area contributed by atoms with Gasteiger partial charge < -0.3 is 9.47 Å². The summed E-state index contributed by atoms with van der Waals surface area (Å²) in [5.41, 5.74) is 20.8. The summed E-state index contributed by atoms with van der Waals surface area (Å²) in [6.45, 7) is 21.3. The molecule has 1 heterocycles. The topological polar surface area (TPSA) is 18.5 Å². The largest absolute Gasteiger partial charge is 0.457 e. The molecule has 0 radical (unpaired) electrons. The van der Waals surface area contributed by atoms with Gasteiger partial charge in [0.25, 0.3) is 0 Å². The van der Waals surface area contributed by atoms with Crippen molar-refractivity contribution in [2.24, 2.45) is 0 Å². The van der Waals surface area contributed by atoms with Crippen LogP contribution in [0.3, 0.4) is 0 Å². The second-order valence-electron chi connectivity index (χ2n) is 19.7. The standard InChI is InChI=1S/C22H18.C15H14O.C14H14O.C14H14.C8H10/c1-15-11-13-17-7-3-5-9-19(17)21(15)22-16(2)12-14-18-8-4-6-10-20(18)22;1-10-5-3-7-12-9-13-8-4-6-11(2)15(13)16-14(10)12;1-11-7-3-5-9-13(11)15-14-10-6-4-8-12(14)2;1-11-7-3-5-9-13(11)14-10-6-4-8-12(14)2;1-7-5-3-4-6-8(7)2/h3-14H,1-2H3;3-8H,9H2,1-2H3;3-10H,1-2H3;3-10H,1-2H3;3-6H,1-2H3. The van der Waals surface area contributed by atoms with E-state index in [0.717, 1.165) is 40.5 Å². The first-order chi connectivity index (χ1) is 36.4. The van der Waals surface area contributed by atoms with E-state index in [-0.39, 0.29) is 0 Å². The van der Waals surface area contributed by atoms with Crippen LogP contribution in [0, 0.1) is 69.2 Å². The predicted molar refractivity (Wildman–Crippen MR) is 321 cm³/mol. The van der Waals surface area contributed by atoms with Gasteiger partial charge in [-0.2, -0.15) is 0 Å². The molecule has 374 valence electrons. The van der Waals surface area contributed by atoms with Crippen LogP contribution in [0.5, 0.6) is 23.0 Å². The molecule has 12 rings (SSSR count). The van der Waals surface area contributed by atoms with E-state index < -0.39 is 0 Å². The van der Waals surface area contributed by atoms with Gasteiger partial charge in [-0.15, -0.1) is 0 Å². The third kappa shape index (κ3) is 13.0. The maximum absolute atomic E-state index is 6.04. The van der Waals surface area contributed by atoms with E-state index in [9.17, 15) is 0 Å². The van der Waals surface area contributed by atoms with Crippen LogP contribution in [0.15, 0.2) is 231 Å². The molecule has 11 aromatic rings. The van der Waals surface area contributed by atoms with Crippen LogP contribution in [0.1, 0.15) is 66.8 Å². The minimum Gasteiger partial charge on any atom is -0.457 e. The van der Waals surface area contributed by atoms with E-state index in [1.165, 1.54) is 99.4 Å². The van der Waals surface area contributed by atoms with E-state index in [1.807, 2.05) is 62.4 Å². The van der Waals surface area contributed by atoms with Crippen molar-refractivity contribution in [2.75, 3.05) is 0 Å². The molecule has 0 spiro atoms. The zero-order valence-electron chi connectivity index (χ0n) is 45.5. The van der Waals surface area contributed by atoms with Crippen LogP contribution in [0.4, 0.5) is 0 Å². The fourth-order valence-corrected chi connectivity index (χ4v) is 9.60. The lowest BCUT2D eigenvalue weighted by Gasteiger charge is -2.23. The molecule has 75 heavy (non-hydrogen) atoms. The van der Waals surface area contributed by atoms with Crippen molar-refractivity contribution in [3.63, 3.8) is 0 Å². The number of benzene rings is 11. The van der Waals surface area contributed by atoms with Crippen molar-refractivity contribution in [2.45, 2.75) is 75.7 Å². The summed E-state index contributed by atoms with van der Waals surface area (Å²) in [4.78, 5) is 0. The first-order valence-electron chi connectivity index (χ1n) is 26.1. The van der Waals surface area contributed by atoms with Crippen molar-refractivity contribution in [1.82, 2.24) is 0 Å². The molecule has 0 amide bonds. The Bertz CT molecular complexity index is 3470. The molecule has 0 fully saturated rings. The number of aryl methyl sites for hydroxylation is 10. The summed E-state index contributed by atoms with van der Waals surface area (Å²) < 4.78 is 11.9. The molecular formula is C73H70O2. The Labute approximate surface area is 447 Å². The molecule has 0 saturated heterocycles. The summed E-state index contributed by atoms with van der Waals surface area (Å²) in [6.07, 6.45) is 0.980. The van der Waals surface area contributed by atoms with Gasteiger partial charge in [-0.05, 0) is 192 Å². The lowest BCUT2D eigenvalue weighted by atomic mass is 9.88. The van der Waals surface area contributed by atoms with E-state index >= 15 is 0 Å². The third-order valence-corrected chi connectivity index (χ3v) is 14.1. The molecule has 1 aliphatic rings. The highest BCUT2D eigenvalue weighted by atomic mass is 16.5. The lowest BCUT2D eigenvalue weighted by molar-refractivity contribution is 0.453. The molecule has 0 atom stereocenters. The molecule has 0 N–H and O–H groups in total. The lowest BCUT2D eigenvalue weighted by Crippen LogP contribution is -2.05. The Kier molecular flexibility index (Phi) is 17.6. The molecule has 11 aromatic carbocycles. The highest BCUT2D eigenvalue weighted by molar-refractivity contribution is 6.07. The van der Waals surface area contributed by atoms with Crippen LogP contribution in [0.2, 0.25) is 0 Å². The van der Waals surface area contributed by atoms with Gasteiger partial charge in [-0.3, -0.25) is 0 Å². The fraction of sp³-hybridized carbons (Fsp3) is 0.151. The zero-order valence-corrected chi connectivity index (χ0v) is 45.5. The summed E-state index contributed by atoms with van der Waals surface area (Å²) in [5.74, 6) is 3.94. The summed E-state index contributed by atoms with van der Waals surface area (Å²) >= 11 is 0. The number of fused-ring (bicyclic) bond motifs is 4. The Morgan fingerprint density at radius 1 is 0.267 bits per heavy atom. The highest BCUT2D eigenvalue weighted by Crippen LogP contribution is 2.41. The highest BCUT2D eigenvalue weighted by Gasteiger charge is 2.19.